The number of likely N-dealkylation sites (N-methyl/N-ethyl adjacent to an activating group) is 1. The molecule has 0 N–H and O–H groups in total. The van der Waals surface area contributed by atoms with Gasteiger partial charge in [0.25, 0.3) is 5.91 Å². The first-order chi connectivity index (χ1) is 13.2. The molecule has 28 heavy (non-hydrogen) atoms. The van der Waals surface area contributed by atoms with E-state index in [1.165, 1.54) is 0 Å². The zero-order valence-electron chi connectivity index (χ0n) is 16.7. The summed E-state index contributed by atoms with van der Waals surface area (Å²) < 4.78 is 15.9. The fourth-order valence-corrected chi connectivity index (χ4v) is 3.54. The van der Waals surface area contributed by atoms with Gasteiger partial charge in [-0.1, -0.05) is 13.8 Å². The topological polar surface area (TPSA) is 78.5 Å². The predicted molar refractivity (Wildman–Crippen MR) is 106 cm³/mol. The molecule has 0 saturated carbocycles. The van der Waals surface area contributed by atoms with Crippen molar-refractivity contribution in [2.45, 2.75) is 39.9 Å². The molecule has 8 nitrogen and oxygen atoms in total. The average molecular weight is 385 g/mol. The molecule has 2 aliphatic heterocycles. The van der Waals surface area contributed by atoms with Crippen molar-refractivity contribution in [3.63, 3.8) is 0 Å². The molecule has 4 heterocycles. The maximum Gasteiger partial charge on any atom is 0.289 e. The number of halogens is 1. The Morgan fingerprint density at radius 2 is 1.89 bits per heavy atom. The fourth-order valence-electron chi connectivity index (χ4n) is 3.54. The number of aliphatic imine (C=N–C) groups is 2. The van der Waals surface area contributed by atoms with Crippen LogP contribution in [-0.4, -0.2) is 69.4 Å². The van der Waals surface area contributed by atoms with Crippen LogP contribution in [0.3, 0.4) is 0 Å². The monoisotopic (exact) mass is 385 g/mol. The van der Waals surface area contributed by atoms with Crippen LogP contribution in [0.4, 0.5) is 10.2 Å². The van der Waals surface area contributed by atoms with E-state index < -0.39 is 12.1 Å². The van der Waals surface area contributed by atoms with Crippen LogP contribution in [0, 0.1) is 19.8 Å². The van der Waals surface area contributed by atoms with Crippen LogP contribution in [0.25, 0.3) is 5.65 Å². The van der Waals surface area contributed by atoms with Gasteiger partial charge in [0.05, 0.1) is 17.4 Å². The van der Waals surface area contributed by atoms with Gasteiger partial charge in [-0.25, -0.2) is 14.4 Å². The molecule has 1 unspecified atom stereocenters. The van der Waals surface area contributed by atoms with Gasteiger partial charge in [-0.15, -0.1) is 0 Å². The molecule has 148 valence electrons. The Balaban J connectivity index is 1.53. The van der Waals surface area contributed by atoms with Gasteiger partial charge in [0, 0.05) is 38.0 Å². The summed E-state index contributed by atoms with van der Waals surface area (Å²) in [5.41, 5.74) is 2.91. The minimum absolute atomic E-state index is 0.139. The molecule has 2 aromatic heterocycles. The molecule has 0 radical (unpaired) electrons. The smallest absolute Gasteiger partial charge is 0.289 e. The van der Waals surface area contributed by atoms with Gasteiger partial charge in [-0.2, -0.15) is 14.6 Å². The largest absolute Gasteiger partial charge is 0.353 e. The number of aryl methyl sites for hydroxylation is 2. The van der Waals surface area contributed by atoms with E-state index in [-0.39, 0.29) is 17.7 Å². The summed E-state index contributed by atoms with van der Waals surface area (Å²) in [5, 5.41) is 4.54. The Kier molecular flexibility index (Phi) is 4.40. The second-order valence-corrected chi connectivity index (χ2v) is 7.79. The highest BCUT2D eigenvalue weighted by atomic mass is 19.1. The van der Waals surface area contributed by atoms with Crippen molar-refractivity contribution in [3.8, 4) is 0 Å². The minimum Gasteiger partial charge on any atom is -0.353 e. The van der Waals surface area contributed by atoms with E-state index in [4.69, 9.17) is 0 Å². The highest BCUT2D eigenvalue weighted by Gasteiger charge is 2.38. The Morgan fingerprint density at radius 3 is 2.57 bits per heavy atom. The first-order valence-electron chi connectivity index (χ1n) is 9.41. The normalized spacial score (nSPS) is 20.5. The lowest BCUT2D eigenvalue weighted by Gasteiger charge is -2.45. The molecule has 1 fully saturated rings. The van der Waals surface area contributed by atoms with E-state index in [1.807, 2.05) is 56.3 Å². The number of rotatable bonds is 3. The maximum absolute atomic E-state index is 14.0. The Bertz CT molecular complexity index is 1000. The number of guanidine groups is 1. The van der Waals surface area contributed by atoms with Gasteiger partial charge in [-0.05, 0) is 19.8 Å². The van der Waals surface area contributed by atoms with Crippen molar-refractivity contribution in [2.24, 2.45) is 15.9 Å². The Morgan fingerprint density at radius 1 is 1.18 bits per heavy atom. The van der Waals surface area contributed by atoms with E-state index in [0.717, 1.165) is 22.9 Å². The number of hydrogen-bond acceptors (Lipinski definition) is 6. The molecule has 4 rings (SSSR count). The SMILES string of the molecule is Cc1cc(N(C)C2CN(C3=NC(=O)C(F)C(C(C)C)=N3)C2)n2nc(C)cc2n1. The molecular weight excluding hydrogens is 361 g/mol. The van der Waals surface area contributed by atoms with E-state index in [9.17, 15) is 9.18 Å². The number of nitrogens with zero attached hydrogens (tertiary/aromatic N) is 7. The van der Waals surface area contributed by atoms with E-state index >= 15 is 0 Å². The van der Waals surface area contributed by atoms with Crippen LogP contribution in [-0.2, 0) is 4.79 Å². The average Bonchev–Trinajstić information content (AvgIpc) is 2.95. The summed E-state index contributed by atoms with van der Waals surface area (Å²) in [7, 11) is 2.02. The lowest BCUT2D eigenvalue weighted by Crippen LogP contribution is -2.61. The van der Waals surface area contributed by atoms with Crippen LogP contribution in [0.2, 0.25) is 0 Å². The summed E-state index contributed by atoms with van der Waals surface area (Å²) in [4.78, 5) is 28.6. The van der Waals surface area contributed by atoms with Gasteiger partial charge >= 0.3 is 0 Å². The van der Waals surface area contributed by atoms with Crippen molar-refractivity contribution in [2.75, 3.05) is 25.0 Å². The zero-order chi connectivity index (χ0) is 20.2. The Labute approximate surface area is 162 Å². The quantitative estimate of drug-likeness (QED) is 0.805. The molecule has 2 aromatic rings. The summed E-state index contributed by atoms with van der Waals surface area (Å²) in [5.74, 6) is 0.375. The molecule has 0 spiro atoms. The fraction of sp³-hybridized carbons (Fsp3) is 0.526. The van der Waals surface area contributed by atoms with Gasteiger partial charge in [0.15, 0.2) is 5.65 Å². The number of aromatic nitrogens is 3. The van der Waals surface area contributed by atoms with Gasteiger partial charge < -0.3 is 9.80 Å². The van der Waals surface area contributed by atoms with Crippen molar-refractivity contribution < 1.29 is 9.18 Å². The number of carbonyl (C=O) groups is 1. The standard InChI is InChI=1S/C19H24FN7O/c1-10(2)17-16(20)18(28)23-19(22-17)26-8-13(9-26)25(5)15-7-11(3)21-14-6-12(4)24-27(14)15/h6-7,10,13,16H,8-9H2,1-5H3. The lowest BCUT2D eigenvalue weighted by atomic mass is 10.0. The highest BCUT2D eigenvalue weighted by molar-refractivity contribution is 6.18. The molecule has 1 saturated heterocycles. The highest BCUT2D eigenvalue weighted by Crippen LogP contribution is 2.25. The van der Waals surface area contributed by atoms with Crippen LogP contribution in [0.1, 0.15) is 25.2 Å². The van der Waals surface area contributed by atoms with Gasteiger partial charge in [0.2, 0.25) is 12.1 Å². The van der Waals surface area contributed by atoms with Crippen LogP contribution >= 0.6 is 0 Å². The summed E-state index contributed by atoms with van der Waals surface area (Å²) in [6.45, 7) is 8.87. The molecule has 0 aliphatic carbocycles. The Hall–Kier alpha value is -2.84. The molecule has 2 aliphatic rings. The van der Waals surface area contributed by atoms with Crippen molar-refractivity contribution in [3.05, 3.63) is 23.5 Å². The number of anilines is 1. The van der Waals surface area contributed by atoms with Crippen LogP contribution < -0.4 is 4.90 Å². The maximum atomic E-state index is 14.0. The molecule has 0 bridgehead atoms. The minimum atomic E-state index is -1.72. The third-order valence-corrected chi connectivity index (χ3v) is 5.22. The van der Waals surface area contributed by atoms with Crippen molar-refractivity contribution in [1.82, 2.24) is 19.5 Å². The third-order valence-electron chi connectivity index (χ3n) is 5.22. The van der Waals surface area contributed by atoms with Crippen molar-refractivity contribution in [1.29, 1.82) is 0 Å². The molecular formula is C19H24FN7O. The number of likely N-dealkylation sites (tertiary alicyclic amines) is 1. The molecule has 0 aromatic carbocycles. The number of carbonyl (C=O) groups excluding carboxylic acids is 1. The lowest BCUT2D eigenvalue weighted by molar-refractivity contribution is -0.120. The van der Waals surface area contributed by atoms with E-state index in [2.05, 4.69) is 25.0 Å². The zero-order valence-corrected chi connectivity index (χ0v) is 16.7. The first kappa shape index (κ1) is 18.5. The first-order valence-corrected chi connectivity index (χ1v) is 9.41. The van der Waals surface area contributed by atoms with E-state index in [0.29, 0.717) is 19.0 Å². The summed E-state index contributed by atoms with van der Waals surface area (Å²) in [6, 6.07) is 4.16. The van der Waals surface area contributed by atoms with Gasteiger partial charge in [-0.3, -0.25) is 4.79 Å². The third kappa shape index (κ3) is 3.04. The second-order valence-electron chi connectivity index (χ2n) is 7.79. The molecule has 9 heteroatoms. The predicted octanol–water partition coefficient (Wildman–Crippen LogP) is 1.80. The van der Waals surface area contributed by atoms with Crippen LogP contribution in [0.5, 0.6) is 0 Å². The number of amides is 1. The number of fused-ring (bicyclic) bond motifs is 1. The van der Waals surface area contributed by atoms with E-state index in [1.54, 1.807) is 0 Å². The molecule has 1 atom stereocenters. The molecule has 1 amide bonds. The second kappa shape index (κ2) is 6.65. The number of alkyl halides is 1. The van der Waals surface area contributed by atoms with Crippen molar-refractivity contribution >= 4 is 29.0 Å². The summed E-state index contributed by atoms with van der Waals surface area (Å²) >= 11 is 0. The van der Waals surface area contributed by atoms with Gasteiger partial charge in [0.1, 0.15) is 5.82 Å². The van der Waals surface area contributed by atoms with Crippen LogP contribution in [0.15, 0.2) is 22.1 Å². The summed E-state index contributed by atoms with van der Waals surface area (Å²) in [6.07, 6.45) is -1.72. The number of hydrogen-bond donors (Lipinski definition) is 0.